The summed E-state index contributed by atoms with van der Waals surface area (Å²) in [5.41, 5.74) is 2.23. The highest BCUT2D eigenvalue weighted by atomic mass is 16.2. The summed E-state index contributed by atoms with van der Waals surface area (Å²) >= 11 is 0. The second-order valence-corrected chi connectivity index (χ2v) is 6.73. The highest BCUT2D eigenvalue weighted by Gasteiger charge is 2.34. The maximum Gasteiger partial charge on any atom is 0.261 e. The van der Waals surface area contributed by atoms with E-state index in [0.29, 0.717) is 24.2 Å². The normalized spacial score (nSPS) is 13.7. The van der Waals surface area contributed by atoms with Crippen LogP contribution in [-0.2, 0) is 6.54 Å². The Kier molecular flexibility index (Phi) is 4.27. The number of carbonyl (C=O) groups excluding carboxylic acids is 2. The van der Waals surface area contributed by atoms with Crippen LogP contribution in [0.1, 0.15) is 26.3 Å². The van der Waals surface area contributed by atoms with Crippen molar-refractivity contribution in [2.75, 3.05) is 20.1 Å². The van der Waals surface area contributed by atoms with Crippen LogP contribution in [0.4, 0.5) is 0 Å². The van der Waals surface area contributed by atoms with E-state index in [0.717, 1.165) is 6.54 Å². The fourth-order valence-corrected chi connectivity index (χ4v) is 3.44. The van der Waals surface area contributed by atoms with Crippen molar-refractivity contribution < 1.29 is 9.59 Å². The Morgan fingerprint density at radius 1 is 0.808 bits per heavy atom. The van der Waals surface area contributed by atoms with Gasteiger partial charge in [0.05, 0.1) is 11.1 Å². The monoisotopic (exact) mass is 344 g/mol. The van der Waals surface area contributed by atoms with E-state index in [1.54, 1.807) is 24.3 Å². The van der Waals surface area contributed by atoms with Gasteiger partial charge in [-0.05, 0) is 41.6 Å². The van der Waals surface area contributed by atoms with Crippen molar-refractivity contribution in [3.8, 4) is 0 Å². The minimum atomic E-state index is -0.190. The fraction of sp³-hybridized carbons (Fsp3) is 0.182. The number of benzene rings is 3. The summed E-state index contributed by atoms with van der Waals surface area (Å²) in [4.78, 5) is 28.3. The van der Waals surface area contributed by atoms with E-state index >= 15 is 0 Å². The first-order chi connectivity index (χ1) is 12.6. The number of likely N-dealkylation sites (N-methyl/N-ethyl adjacent to an activating group) is 1. The lowest BCUT2D eigenvalue weighted by Gasteiger charge is -2.21. The van der Waals surface area contributed by atoms with Crippen LogP contribution in [0.2, 0.25) is 0 Å². The SMILES string of the molecule is CN(CCN1C(=O)c2ccccc2C1=O)Cc1ccc2ccccc2c1. The van der Waals surface area contributed by atoms with Gasteiger partial charge in [0.15, 0.2) is 0 Å². The van der Waals surface area contributed by atoms with E-state index in [2.05, 4.69) is 35.2 Å². The molecule has 2 amide bonds. The van der Waals surface area contributed by atoms with Crippen molar-refractivity contribution in [2.45, 2.75) is 6.54 Å². The van der Waals surface area contributed by atoms with Crippen molar-refractivity contribution in [1.29, 1.82) is 0 Å². The third kappa shape index (κ3) is 3.00. The van der Waals surface area contributed by atoms with Gasteiger partial charge in [0.1, 0.15) is 0 Å². The summed E-state index contributed by atoms with van der Waals surface area (Å²) in [6.45, 7) is 1.81. The van der Waals surface area contributed by atoms with Crippen LogP contribution in [0.25, 0.3) is 10.8 Å². The standard InChI is InChI=1S/C22H20N2O2/c1-23(15-16-10-11-17-6-2-3-7-18(17)14-16)12-13-24-21(25)19-8-4-5-9-20(19)22(24)26/h2-11,14H,12-13,15H2,1H3. The number of hydrogen-bond acceptors (Lipinski definition) is 3. The molecule has 130 valence electrons. The molecule has 1 aliphatic rings. The largest absolute Gasteiger partial charge is 0.300 e. The molecule has 4 rings (SSSR count). The zero-order valence-electron chi connectivity index (χ0n) is 14.7. The maximum absolute atomic E-state index is 12.4. The van der Waals surface area contributed by atoms with Crippen LogP contribution in [0, 0.1) is 0 Å². The van der Waals surface area contributed by atoms with E-state index in [9.17, 15) is 9.59 Å². The molecule has 0 N–H and O–H groups in total. The third-order valence-corrected chi connectivity index (χ3v) is 4.85. The summed E-state index contributed by atoms with van der Waals surface area (Å²) in [5.74, 6) is -0.380. The van der Waals surface area contributed by atoms with Crippen molar-refractivity contribution >= 4 is 22.6 Å². The Morgan fingerprint density at radius 2 is 1.42 bits per heavy atom. The van der Waals surface area contributed by atoms with Gasteiger partial charge in [-0.1, -0.05) is 48.5 Å². The molecule has 4 nitrogen and oxygen atoms in total. The van der Waals surface area contributed by atoms with Gasteiger partial charge in [-0.15, -0.1) is 0 Å². The summed E-state index contributed by atoms with van der Waals surface area (Å²) in [6, 6.07) is 21.7. The Morgan fingerprint density at radius 3 is 2.12 bits per heavy atom. The molecule has 26 heavy (non-hydrogen) atoms. The lowest BCUT2D eigenvalue weighted by Crippen LogP contribution is -2.36. The number of nitrogens with zero attached hydrogens (tertiary/aromatic N) is 2. The molecule has 0 spiro atoms. The maximum atomic E-state index is 12.4. The number of fused-ring (bicyclic) bond motifs is 2. The van der Waals surface area contributed by atoms with Gasteiger partial charge >= 0.3 is 0 Å². The highest BCUT2D eigenvalue weighted by Crippen LogP contribution is 2.22. The predicted octanol–water partition coefficient (Wildman–Crippen LogP) is 3.57. The lowest BCUT2D eigenvalue weighted by atomic mass is 10.1. The predicted molar refractivity (Wildman–Crippen MR) is 102 cm³/mol. The van der Waals surface area contributed by atoms with E-state index in [1.807, 2.05) is 19.2 Å². The summed E-state index contributed by atoms with van der Waals surface area (Å²) in [7, 11) is 2.01. The average Bonchev–Trinajstić information content (AvgIpc) is 2.91. The topological polar surface area (TPSA) is 40.6 Å². The van der Waals surface area contributed by atoms with Crippen LogP contribution in [0.5, 0.6) is 0 Å². The summed E-state index contributed by atoms with van der Waals surface area (Å²) in [6.07, 6.45) is 0. The minimum Gasteiger partial charge on any atom is -0.300 e. The van der Waals surface area contributed by atoms with Gasteiger partial charge in [-0.3, -0.25) is 14.5 Å². The van der Waals surface area contributed by atoms with Crippen LogP contribution in [-0.4, -0.2) is 41.8 Å². The Labute approximate surface area is 152 Å². The third-order valence-electron chi connectivity index (χ3n) is 4.85. The molecule has 0 aromatic heterocycles. The number of amides is 2. The molecule has 3 aromatic rings. The van der Waals surface area contributed by atoms with Gasteiger partial charge in [0.25, 0.3) is 11.8 Å². The van der Waals surface area contributed by atoms with Crippen LogP contribution in [0.3, 0.4) is 0 Å². The summed E-state index contributed by atoms with van der Waals surface area (Å²) < 4.78 is 0. The zero-order valence-corrected chi connectivity index (χ0v) is 14.7. The van der Waals surface area contributed by atoms with E-state index < -0.39 is 0 Å². The fourth-order valence-electron chi connectivity index (χ4n) is 3.44. The number of carbonyl (C=O) groups is 2. The lowest BCUT2D eigenvalue weighted by molar-refractivity contribution is 0.0640. The number of rotatable bonds is 5. The van der Waals surface area contributed by atoms with Gasteiger partial charge < -0.3 is 4.90 Å². The molecule has 0 saturated carbocycles. The highest BCUT2D eigenvalue weighted by molar-refractivity contribution is 6.21. The second-order valence-electron chi connectivity index (χ2n) is 6.73. The van der Waals surface area contributed by atoms with Gasteiger partial charge in [0, 0.05) is 19.6 Å². The van der Waals surface area contributed by atoms with E-state index in [4.69, 9.17) is 0 Å². The molecule has 0 bridgehead atoms. The summed E-state index contributed by atoms with van der Waals surface area (Å²) in [5, 5.41) is 2.45. The first kappa shape index (κ1) is 16.5. The molecular formula is C22H20N2O2. The molecule has 0 unspecified atom stereocenters. The van der Waals surface area contributed by atoms with Gasteiger partial charge in [-0.2, -0.15) is 0 Å². The van der Waals surface area contributed by atoms with Crippen molar-refractivity contribution in [3.63, 3.8) is 0 Å². The molecule has 0 aliphatic carbocycles. The molecule has 0 saturated heterocycles. The zero-order chi connectivity index (χ0) is 18.1. The van der Waals surface area contributed by atoms with E-state index in [-0.39, 0.29) is 11.8 Å². The molecule has 4 heteroatoms. The molecular weight excluding hydrogens is 324 g/mol. The van der Waals surface area contributed by atoms with Crippen molar-refractivity contribution in [3.05, 3.63) is 83.4 Å². The Bertz CT molecular complexity index is 961. The minimum absolute atomic E-state index is 0.190. The van der Waals surface area contributed by atoms with E-state index in [1.165, 1.54) is 21.2 Å². The van der Waals surface area contributed by atoms with Crippen LogP contribution in [0.15, 0.2) is 66.7 Å². The molecule has 3 aromatic carbocycles. The molecule has 0 fully saturated rings. The van der Waals surface area contributed by atoms with Crippen LogP contribution < -0.4 is 0 Å². The number of imide groups is 1. The van der Waals surface area contributed by atoms with Crippen LogP contribution >= 0.6 is 0 Å². The smallest absolute Gasteiger partial charge is 0.261 e. The van der Waals surface area contributed by atoms with Crippen molar-refractivity contribution in [2.24, 2.45) is 0 Å². The van der Waals surface area contributed by atoms with Gasteiger partial charge in [0.2, 0.25) is 0 Å². The number of hydrogen-bond donors (Lipinski definition) is 0. The molecule has 1 heterocycles. The van der Waals surface area contributed by atoms with Crippen molar-refractivity contribution in [1.82, 2.24) is 9.80 Å². The quantitative estimate of drug-likeness (QED) is 0.665. The average molecular weight is 344 g/mol. The molecule has 1 aliphatic heterocycles. The Balaban J connectivity index is 1.40. The first-order valence-electron chi connectivity index (χ1n) is 8.75. The first-order valence-corrected chi connectivity index (χ1v) is 8.75. The van der Waals surface area contributed by atoms with Gasteiger partial charge in [-0.25, -0.2) is 0 Å². The molecule has 0 atom stereocenters. The Hall–Kier alpha value is -2.98. The second kappa shape index (κ2) is 6.73. The molecule has 0 radical (unpaired) electrons.